The summed E-state index contributed by atoms with van der Waals surface area (Å²) in [6.07, 6.45) is 1.78. The van der Waals surface area contributed by atoms with Crippen LogP contribution in [0.1, 0.15) is 40.5 Å². The standard InChI is InChI=1S/C14H27N3O3/c1-11-6-5-9-17(10-11)12(18)15-7-8-16-13(19)20-14(2,3)4/h11H,5-10H2,1-4H3,(H,15,18)(H,16,19). The molecule has 0 aromatic rings. The van der Waals surface area contributed by atoms with E-state index in [4.69, 9.17) is 4.74 Å². The molecule has 1 aliphatic heterocycles. The van der Waals surface area contributed by atoms with E-state index in [-0.39, 0.29) is 6.03 Å². The summed E-state index contributed by atoms with van der Waals surface area (Å²) in [5, 5.41) is 5.42. The lowest BCUT2D eigenvalue weighted by atomic mass is 10.0. The molecular weight excluding hydrogens is 258 g/mol. The molecular formula is C14H27N3O3. The number of ether oxygens (including phenoxy) is 1. The van der Waals surface area contributed by atoms with Crippen LogP contribution in [0.4, 0.5) is 9.59 Å². The highest BCUT2D eigenvalue weighted by Crippen LogP contribution is 2.15. The minimum Gasteiger partial charge on any atom is -0.444 e. The van der Waals surface area contributed by atoms with Crippen molar-refractivity contribution in [2.75, 3.05) is 26.2 Å². The summed E-state index contributed by atoms with van der Waals surface area (Å²) in [7, 11) is 0. The Morgan fingerprint density at radius 1 is 1.25 bits per heavy atom. The lowest BCUT2D eigenvalue weighted by molar-refractivity contribution is 0.0528. The molecule has 0 aromatic carbocycles. The Balaban J connectivity index is 2.14. The number of rotatable bonds is 3. The van der Waals surface area contributed by atoms with Gasteiger partial charge >= 0.3 is 12.1 Å². The molecule has 0 aromatic heterocycles. The van der Waals surface area contributed by atoms with Gasteiger partial charge in [0.25, 0.3) is 0 Å². The normalized spacial score (nSPS) is 19.4. The van der Waals surface area contributed by atoms with E-state index in [1.807, 2.05) is 25.7 Å². The fourth-order valence-electron chi connectivity index (χ4n) is 2.13. The van der Waals surface area contributed by atoms with Gasteiger partial charge in [-0.2, -0.15) is 0 Å². The summed E-state index contributed by atoms with van der Waals surface area (Å²) in [6.45, 7) is 9.99. The number of nitrogens with one attached hydrogen (secondary N) is 2. The molecule has 1 rings (SSSR count). The number of piperidine rings is 1. The average Bonchev–Trinajstić information content (AvgIpc) is 2.32. The van der Waals surface area contributed by atoms with Gasteiger partial charge in [-0.3, -0.25) is 0 Å². The Kier molecular flexibility index (Phi) is 6.10. The van der Waals surface area contributed by atoms with E-state index in [1.54, 1.807) is 0 Å². The summed E-state index contributed by atoms with van der Waals surface area (Å²) in [5.74, 6) is 0.564. The predicted molar refractivity (Wildman–Crippen MR) is 77.6 cm³/mol. The summed E-state index contributed by atoms with van der Waals surface area (Å²) in [6, 6.07) is -0.0532. The largest absolute Gasteiger partial charge is 0.444 e. The zero-order valence-corrected chi connectivity index (χ0v) is 13.0. The molecule has 0 saturated carbocycles. The third-order valence-electron chi connectivity index (χ3n) is 3.01. The van der Waals surface area contributed by atoms with Crippen molar-refractivity contribution in [3.8, 4) is 0 Å². The molecule has 1 fully saturated rings. The first kappa shape index (κ1) is 16.6. The second kappa shape index (κ2) is 7.36. The number of carbonyl (C=O) groups is 2. The topological polar surface area (TPSA) is 70.7 Å². The van der Waals surface area contributed by atoms with Crippen molar-refractivity contribution < 1.29 is 14.3 Å². The Morgan fingerprint density at radius 3 is 2.50 bits per heavy atom. The van der Waals surface area contributed by atoms with Gasteiger partial charge < -0.3 is 20.3 Å². The van der Waals surface area contributed by atoms with Crippen LogP contribution in [0.2, 0.25) is 0 Å². The van der Waals surface area contributed by atoms with Crippen LogP contribution < -0.4 is 10.6 Å². The predicted octanol–water partition coefficient (Wildman–Crippen LogP) is 1.95. The van der Waals surface area contributed by atoms with Crippen molar-refractivity contribution in [3.63, 3.8) is 0 Å². The highest BCUT2D eigenvalue weighted by Gasteiger charge is 2.20. The quantitative estimate of drug-likeness (QED) is 0.779. The van der Waals surface area contributed by atoms with E-state index < -0.39 is 11.7 Å². The summed E-state index contributed by atoms with van der Waals surface area (Å²) in [4.78, 5) is 25.1. The third-order valence-corrected chi connectivity index (χ3v) is 3.01. The number of hydrogen-bond acceptors (Lipinski definition) is 3. The van der Waals surface area contributed by atoms with Crippen molar-refractivity contribution in [2.45, 2.75) is 46.1 Å². The van der Waals surface area contributed by atoms with Crippen molar-refractivity contribution >= 4 is 12.1 Å². The molecule has 3 amide bonds. The molecule has 0 radical (unpaired) electrons. The maximum absolute atomic E-state index is 11.9. The van der Waals surface area contributed by atoms with Crippen LogP contribution >= 0.6 is 0 Å². The molecule has 116 valence electrons. The number of carbonyl (C=O) groups excluding carboxylic acids is 2. The fourth-order valence-corrected chi connectivity index (χ4v) is 2.13. The van der Waals surface area contributed by atoms with Gasteiger partial charge in [-0.05, 0) is 39.5 Å². The Hall–Kier alpha value is -1.46. The molecule has 6 heteroatoms. The summed E-state index contributed by atoms with van der Waals surface area (Å²) >= 11 is 0. The molecule has 1 saturated heterocycles. The molecule has 6 nitrogen and oxygen atoms in total. The van der Waals surface area contributed by atoms with Crippen molar-refractivity contribution in [2.24, 2.45) is 5.92 Å². The molecule has 0 aliphatic carbocycles. The van der Waals surface area contributed by atoms with Gasteiger partial charge in [0.15, 0.2) is 0 Å². The fraction of sp³-hybridized carbons (Fsp3) is 0.857. The molecule has 1 unspecified atom stereocenters. The average molecular weight is 285 g/mol. The molecule has 1 atom stereocenters. The van der Waals surface area contributed by atoms with Crippen molar-refractivity contribution in [1.29, 1.82) is 0 Å². The van der Waals surface area contributed by atoms with Crippen LogP contribution in [-0.2, 0) is 4.74 Å². The SMILES string of the molecule is CC1CCCN(C(=O)NCCNC(=O)OC(C)(C)C)C1. The van der Waals surface area contributed by atoms with Gasteiger partial charge in [-0.1, -0.05) is 6.92 Å². The van der Waals surface area contributed by atoms with E-state index in [0.717, 1.165) is 19.5 Å². The molecule has 2 N–H and O–H groups in total. The van der Waals surface area contributed by atoms with Gasteiger partial charge in [-0.25, -0.2) is 9.59 Å². The molecule has 1 aliphatic rings. The first-order valence-corrected chi connectivity index (χ1v) is 7.27. The number of likely N-dealkylation sites (tertiary alicyclic amines) is 1. The second-order valence-electron chi connectivity index (χ2n) is 6.35. The molecule has 0 bridgehead atoms. The number of nitrogens with zero attached hydrogens (tertiary/aromatic N) is 1. The van der Waals surface area contributed by atoms with Crippen LogP contribution in [0, 0.1) is 5.92 Å². The lowest BCUT2D eigenvalue weighted by Gasteiger charge is -2.30. The van der Waals surface area contributed by atoms with Gasteiger partial charge in [0.1, 0.15) is 5.60 Å². The van der Waals surface area contributed by atoms with Crippen molar-refractivity contribution in [1.82, 2.24) is 15.5 Å². The van der Waals surface area contributed by atoms with E-state index in [2.05, 4.69) is 17.6 Å². The van der Waals surface area contributed by atoms with Gasteiger partial charge in [-0.15, -0.1) is 0 Å². The minimum absolute atomic E-state index is 0.0532. The highest BCUT2D eigenvalue weighted by atomic mass is 16.6. The third kappa shape index (κ3) is 6.63. The van der Waals surface area contributed by atoms with Crippen LogP contribution in [0.5, 0.6) is 0 Å². The summed E-state index contributed by atoms with van der Waals surface area (Å²) in [5.41, 5.74) is -0.503. The van der Waals surface area contributed by atoms with Crippen LogP contribution in [0.25, 0.3) is 0 Å². The smallest absolute Gasteiger partial charge is 0.407 e. The van der Waals surface area contributed by atoms with E-state index >= 15 is 0 Å². The zero-order valence-electron chi connectivity index (χ0n) is 13.0. The number of hydrogen-bond donors (Lipinski definition) is 2. The Labute approximate surface area is 121 Å². The Morgan fingerprint density at radius 2 is 1.90 bits per heavy atom. The minimum atomic E-state index is -0.503. The van der Waals surface area contributed by atoms with Crippen LogP contribution in [-0.4, -0.2) is 48.8 Å². The number of alkyl carbamates (subject to hydrolysis) is 1. The molecule has 1 heterocycles. The van der Waals surface area contributed by atoms with E-state index in [0.29, 0.717) is 19.0 Å². The van der Waals surface area contributed by atoms with E-state index in [9.17, 15) is 9.59 Å². The molecule has 0 spiro atoms. The van der Waals surface area contributed by atoms with E-state index in [1.165, 1.54) is 6.42 Å². The molecule has 20 heavy (non-hydrogen) atoms. The second-order valence-corrected chi connectivity index (χ2v) is 6.35. The van der Waals surface area contributed by atoms with Gasteiger partial charge in [0, 0.05) is 26.2 Å². The summed E-state index contributed by atoms with van der Waals surface area (Å²) < 4.78 is 5.10. The van der Waals surface area contributed by atoms with Crippen LogP contribution in [0.15, 0.2) is 0 Å². The first-order chi connectivity index (χ1) is 9.28. The highest BCUT2D eigenvalue weighted by molar-refractivity contribution is 5.74. The zero-order chi connectivity index (χ0) is 15.2. The number of urea groups is 1. The maximum Gasteiger partial charge on any atom is 0.407 e. The van der Waals surface area contributed by atoms with Crippen molar-refractivity contribution in [3.05, 3.63) is 0 Å². The first-order valence-electron chi connectivity index (χ1n) is 7.27. The maximum atomic E-state index is 11.9. The van der Waals surface area contributed by atoms with Crippen LogP contribution in [0.3, 0.4) is 0 Å². The number of amides is 3. The Bertz CT molecular complexity index is 339. The lowest BCUT2D eigenvalue weighted by Crippen LogP contribution is -2.47. The van der Waals surface area contributed by atoms with Gasteiger partial charge in [0.2, 0.25) is 0 Å². The monoisotopic (exact) mass is 285 g/mol. The van der Waals surface area contributed by atoms with Gasteiger partial charge in [0.05, 0.1) is 0 Å².